The van der Waals surface area contributed by atoms with Gasteiger partial charge in [0.1, 0.15) is 31.9 Å². The highest BCUT2D eigenvalue weighted by molar-refractivity contribution is 5.63. The highest BCUT2D eigenvalue weighted by Gasteiger charge is 2.13. The van der Waals surface area contributed by atoms with Gasteiger partial charge in [-0.2, -0.15) is 0 Å². The monoisotopic (exact) mass is 342 g/mol. The van der Waals surface area contributed by atoms with E-state index in [0.717, 1.165) is 51.6 Å². The molecule has 0 aliphatic carbocycles. The zero-order chi connectivity index (χ0) is 17.2. The summed E-state index contributed by atoms with van der Waals surface area (Å²) < 4.78 is 11.2. The van der Waals surface area contributed by atoms with E-state index in [4.69, 9.17) is 9.47 Å². The predicted octanol–water partition coefficient (Wildman–Crippen LogP) is 0.601. The van der Waals surface area contributed by atoms with E-state index < -0.39 is 0 Å². The zero-order valence-electron chi connectivity index (χ0n) is 15.0. The van der Waals surface area contributed by atoms with E-state index in [-0.39, 0.29) is 0 Å². The Bertz CT molecular complexity index is 595. The van der Waals surface area contributed by atoms with Gasteiger partial charge in [-0.15, -0.1) is 0 Å². The van der Waals surface area contributed by atoms with Crippen molar-refractivity contribution in [3.05, 3.63) is 54.6 Å². The minimum atomic E-state index is 0.783. The predicted molar refractivity (Wildman–Crippen MR) is 100 cm³/mol. The van der Waals surface area contributed by atoms with Crippen LogP contribution in [-0.4, -0.2) is 52.5 Å². The molecule has 1 heterocycles. The summed E-state index contributed by atoms with van der Waals surface area (Å²) in [5.74, 6) is 0.956. The van der Waals surface area contributed by atoms with Gasteiger partial charge in [-0.25, -0.2) is 0 Å². The number of benzene rings is 2. The molecule has 0 unspecified atom stereocenters. The Balaban J connectivity index is 1.27. The summed E-state index contributed by atoms with van der Waals surface area (Å²) in [6, 6.07) is 18.8. The van der Waals surface area contributed by atoms with Gasteiger partial charge in [0.05, 0.1) is 26.4 Å². The quantitative estimate of drug-likeness (QED) is 0.655. The smallest absolute Gasteiger partial charge is 0.127 e. The van der Waals surface area contributed by atoms with Gasteiger partial charge in [0, 0.05) is 6.42 Å². The first kappa shape index (κ1) is 17.9. The minimum absolute atomic E-state index is 0.783. The lowest BCUT2D eigenvalue weighted by molar-refractivity contribution is -0.919. The van der Waals surface area contributed by atoms with E-state index in [9.17, 15) is 0 Å². The minimum Gasteiger partial charge on any atom is -0.493 e. The third kappa shape index (κ3) is 6.16. The lowest BCUT2D eigenvalue weighted by atomic mass is 10.1. The summed E-state index contributed by atoms with van der Waals surface area (Å²) in [4.78, 5) is 1.68. The number of hydrogen-bond donors (Lipinski definition) is 2. The van der Waals surface area contributed by atoms with Gasteiger partial charge in [-0.1, -0.05) is 42.5 Å². The molecule has 1 aliphatic heterocycles. The molecule has 134 valence electrons. The van der Waals surface area contributed by atoms with E-state index >= 15 is 0 Å². The van der Waals surface area contributed by atoms with E-state index in [1.54, 1.807) is 4.90 Å². The van der Waals surface area contributed by atoms with Crippen molar-refractivity contribution in [3.63, 3.8) is 0 Å². The Hall–Kier alpha value is -1.88. The third-order valence-corrected chi connectivity index (χ3v) is 4.68. The van der Waals surface area contributed by atoms with Crippen molar-refractivity contribution in [2.45, 2.75) is 6.42 Å². The fourth-order valence-electron chi connectivity index (χ4n) is 3.15. The second kappa shape index (κ2) is 10.2. The lowest BCUT2D eigenvalue weighted by Gasteiger charge is -2.22. The highest BCUT2D eigenvalue weighted by atomic mass is 16.5. The molecule has 0 spiro atoms. The summed E-state index contributed by atoms with van der Waals surface area (Å²) in [6.45, 7) is 8.52. The average molecular weight is 342 g/mol. The Morgan fingerprint density at radius 2 is 1.60 bits per heavy atom. The number of hydrogen-bond acceptors (Lipinski definition) is 2. The Kier molecular flexibility index (Phi) is 7.31. The molecule has 2 aromatic carbocycles. The lowest BCUT2D eigenvalue weighted by Crippen LogP contribution is -3.16. The molecule has 0 amide bonds. The molecule has 0 saturated carbocycles. The van der Waals surface area contributed by atoms with Crippen molar-refractivity contribution >= 4 is 0 Å². The van der Waals surface area contributed by atoms with Crippen molar-refractivity contribution in [2.75, 3.05) is 52.5 Å². The van der Waals surface area contributed by atoms with Gasteiger partial charge in [-0.05, 0) is 23.3 Å². The standard InChI is InChI=1S/C21H28N2O2/c1-2-5-19(6-3-1)20-7-9-21(10-8-20)25-16-4-11-22-12-13-23-14-17-24-18-15-23/h1-3,5-10,22H,4,11-18H2/p+2. The van der Waals surface area contributed by atoms with E-state index in [1.165, 1.54) is 24.2 Å². The zero-order valence-corrected chi connectivity index (χ0v) is 15.0. The average Bonchev–Trinajstić information content (AvgIpc) is 2.69. The van der Waals surface area contributed by atoms with E-state index in [0.29, 0.717) is 0 Å². The van der Waals surface area contributed by atoms with Crippen LogP contribution in [0.5, 0.6) is 5.75 Å². The van der Waals surface area contributed by atoms with E-state index in [1.807, 2.05) is 6.07 Å². The summed E-state index contributed by atoms with van der Waals surface area (Å²) in [6.07, 6.45) is 1.08. The van der Waals surface area contributed by atoms with Crippen LogP contribution in [0.2, 0.25) is 0 Å². The normalized spacial score (nSPS) is 15.2. The molecule has 0 bridgehead atoms. The molecule has 2 aromatic rings. The van der Waals surface area contributed by atoms with Crippen molar-refractivity contribution in [2.24, 2.45) is 0 Å². The molecule has 3 rings (SSSR count). The molecule has 4 nitrogen and oxygen atoms in total. The molecule has 1 fully saturated rings. The third-order valence-electron chi connectivity index (χ3n) is 4.68. The second-order valence-electron chi connectivity index (χ2n) is 6.57. The molecule has 0 atom stereocenters. The second-order valence-corrected chi connectivity index (χ2v) is 6.57. The van der Waals surface area contributed by atoms with Gasteiger partial charge in [0.2, 0.25) is 0 Å². The molecule has 4 heteroatoms. The maximum absolute atomic E-state index is 5.85. The topological polar surface area (TPSA) is 39.5 Å². The number of morpholine rings is 1. The van der Waals surface area contributed by atoms with Crippen molar-refractivity contribution in [3.8, 4) is 16.9 Å². The molecule has 3 N–H and O–H groups in total. The first-order valence-corrected chi connectivity index (χ1v) is 9.43. The van der Waals surface area contributed by atoms with Gasteiger partial charge in [-0.3, -0.25) is 0 Å². The van der Waals surface area contributed by atoms with Crippen molar-refractivity contribution in [1.29, 1.82) is 0 Å². The number of nitrogens with one attached hydrogen (secondary N) is 1. The van der Waals surface area contributed by atoms with Crippen LogP contribution in [-0.2, 0) is 4.74 Å². The summed E-state index contributed by atoms with van der Waals surface area (Å²) in [5.41, 5.74) is 2.47. The fraction of sp³-hybridized carbons (Fsp3) is 0.429. The Morgan fingerprint density at radius 3 is 2.36 bits per heavy atom. The maximum Gasteiger partial charge on any atom is 0.127 e. The van der Waals surface area contributed by atoms with Gasteiger partial charge < -0.3 is 19.7 Å². The molecule has 0 radical (unpaired) electrons. The van der Waals surface area contributed by atoms with Crippen molar-refractivity contribution in [1.82, 2.24) is 0 Å². The molecule has 1 saturated heterocycles. The Morgan fingerprint density at radius 1 is 0.880 bits per heavy atom. The summed E-state index contributed by atoms with van der Waals surface area (Å²) in [7, 11) is 0. The SMILES string of the molecule is c1ccc(-c2ccc(OCCC[NH2+]CC[NH+]3CCOCC3)cc2)cc1. The van der Waals surface area contributed by atoms with Crippen LogP contribution in [0.3, 0.4) is 0 Å². The van der Waals surface area contributed by atoms with Crippen LogP contribution in [0.4, 0.5) is 0 Å². The molecular weight excluding hydrogens is 312 g/mol. The van der Waals surface area contributed by atoms with Crippen molar-refractivity contribution < 1.29 is 19.7 Å². The van der Waals surface area contributed by atoms with Gasteiger partial charge in [0.25, 0.3) is 0 Å². The van der Waals surface area contributed by atoms with Gasteiger partial charge >= 0.3 is 0 Å². The number of ether oxygens (including phenoxy) is 2. The number of nitrogens with two attached hydrogens (primary N) is 1. The largest absolute Gasteiger partial charge is 0.493 e. The van der Waals surface area contributed by atoms with Gasteiger partial charge in [0.15, 0.2) is 0 Å². The fourth-order valence-corrected chi connectivity index (χ4v) is 3.15. The Labute approximate surface area is 150 Å². The van der Waals surface area contributed by atoms with Crippen LogP contribution in [0.1, 0.15) is 6.42 Å². The molecule has 25 heavy (non-hydrogen) atoms. The highest BCUT2D eigenvalue weighted by Crippen LogP contribution is 2.21. The number of rotatable bonds is 9. The number of quaternary nitrogens is 2. The van der Waals surface area contributed by atoms with Crippen LogP contribution in [0.15, 0.2) is 54.6 Å². The first-order chi connectivity index (χ1) is 12.4. The molecule has 0 aromatic heterocycles. The van der Waals surface area contributed by atoms with E-state index in [2.05, 4.69) is 53.8 Å². The maximum atomic E-state index is 5.85. The summed E-state index contributed by atoms with van der Waals surface area (Å²) >= 11 is 0. The van der Waals surface area contributed by atoms with Crippen LogP contribution >= 0.6 is 0 Å². The first-order valence-electron chi connectivity index (χ1n) is 9.43. The van der Waals surface area contributed by atoms with Crippen LogP contribution in [0.25, 0.3) is 11.1 Å². The van der Waals surface area contributed by atoms with Crippen LogP contribution < -0.4 is 15.0 Å². The van der Waals surface area contributed by atoms with Crippen LogP contribution in [0, 0.1) is 0 Å². The molecule has 1 aliphatic rings. The molecular formula is C21H30N2O2+2. The summed E-state index contributed by atoms with van der Waals surface area (Å²) in [5, 5.41) is 2.41.